The quantitative estimate of drug-likeness (QED) is 0.630. The van der Waals surface area contributed by atoms with Crippen molar-refractivity contribution in [3.8, 4) is 17.7 Å². The van der Waals surface area contributed by atoms with Gasteiger partial charge in [-0.25, -0.2) is 4.98 Å². The highest BCUT2D eigenvalue weighted by Crippen LogP contribution is 2.28. The summed E-state index contributed by atoms with van der Waals surface area (Å²) in [5, 5.41) is 19.6. The zero-order chi connectivity index (χ0) is 14.7. The predicted molar refractivity (Wildman–Crippen MR) is 74.6 cm³/mol. The van der Waals surface area contributed by atoms with Crippen LogP contribution < -0.4 is 4.74 Å². The Balaban J connectivity index is 2.36. The van der Waals surface area contributed by atoms with Crippen molar-refractivity contribution < 1.29 is 9.66 Å². The first-order valence-corrected chi connectivity index (χ1v) is 6.29. The minimum absolute atomic E-state index is 0.0137. The summed E-state index contributed by atoms with van der Waals surface area (Å²) in [5.41, 5.74) is 0.726. The van der Waals surface area contributed by atoms with Crippen molar-refractivity contribution in [2.45, 2.75) is 6.92 Å². The molecule has 2 aromatic rings. The number of benzene rings is 1. The van der Waals surface area contributed by atoms with Crippen LogP contribution in [0, 0.1) is 28.4 Å². The Hall–Kier alpha value is -2.46. The number of aromatic nitrogens is 1. The van der Waals surface area contributed by atoms with Crippen molar-refractivity contribution in [3.63, 3.8) is 0 Å². The van der Waals surface area contributed by atoms with Crippen LogP contribution in [0.3, 0.4) is 0 Å². The van der Waals surface area contributed by atoms with Crippen LogP contribution in [-0.4, -0.2) is 9.91 Å². The van der Waals surface area contributed by atoms with E-state index in [-0.39, 0.29) is 17.1 Å². The Bertz CT molecular complexity index is 725. The zero-order valence-corrected chi connectivity index (χ0v) is 11.9. The lowest BCUT2D eigenvalue weighted by Crippen LogP contribution is -1.95. The molecule has 6 nitrogen and oxygen atoms in total. The standard InChI is InChI=1S/C13H8BrN3O3/c1-8-4-11(2-3-12(8)14)20-13-9(6-15)5-10(7-16-13)17(18)19/h2-5,7H,1H3. The Labute approximate surface area is 122 Å². The molecular formula is C13H8BrN3O3. The molecule has 0 saturated heterocycles. The molecule has 0 bridgehead atoms. The van der Waals surface area contributed by atoms with E-state index in [9.17, 15) is 10.1 Å². The van der Waals surface area contributed by atoms with E-state index in [0.717, 1.165) is 22.3 Å². The van der Waals surface area contributed by atoms with Gasteiger partial charge >= 0.3 is 0 Å². The van der Waals surface area contributed by atoms with E-state index >= 15 is 0 Å². The second-order valence-corrected chi connectivity index (χ2v) is 4.78. The molecule has 0 fully saturated rings. The van der Waals surface area contributed by atoms with Gasteiger partial charge in [0.1, 0.15) is 23.6 Å². The number of nitrogens with zero attached hydrogens (tertiary/aromatic N) is 3. The third-order valence-corrected chi connectivity index (χ3v) is 3.40. The summed E-state index contributed by atoms with van der Waals surface area (Å²) in [7, 11) is 0. The second-order valence-electron chi connectivity index (χ2n) is 3.93. The molecule has 1 aromatic carbocycles. The molecule has 0 N–H and O–H groups in total. The van der Waals surface area contributed by atoms with E-state index in [1.165, 1.54) is 0 Å². The van der Waals surface area contributed by atoms with E-state index in [0.29, 0.717) is 5.75 Å². The largest absolute Gasteiger partial charge is 0.438 e. The maximum atomic E-state index is 10.6. The summed E-state index contributed by atoms with van der Waals surface area (Å²) in [6, 6.07) is 8.26. The highest BCUT2D eigenvalue weighted by Gasteiger charge is 2.14. The van der Waals surface area contributed by atoms with Crippen molar-refractivity contribution in [2.75, 3.05) is 0 Å². The van der Waals surface area contributed by atoms with E-state index in [1.807, 2.05) is 19.1 Å². The predicted octanol–water partition coefficient (Wildman–Crippen LogP) is 3.72. The lowest BCUT2D eigenvalue weighted by atomic mass is 10.2. The molecule has 2 rings (SSSR count). The minimum Gasteiger partial charge on any atom is -0.438 e. The molecule has 0 unspecified atom stereocenters. The van der Waals surface area contributed by atoms with Crippen molar-refractivity contribution in [1.82, 2.24) is 4.98 Å². The van der Waals surface area contributed by atoms with Crippen LogP contribution in [0.25, 0.3) is 0 Å². The Morgan fingerprint density at radius 1 is 1.45 bits per heavy atom. The fourth-order valence-corrected chi connectivity index (χ4v) is 1.74. The van der Waals surface area contributed by atoms with Crippen molar-refractivity contribution in [2.24, 2.45) is 0 Å². The van der Waals surface area contributed by atoms with Gasteiger partial charge < -0.3 is 4.74 Å². The number of pyridine rings is 1. The van der Waals surface area contributed by atoms with Crippen LogP contribution in [0.4, 0.5) is 5.69 Å². The molecule has 0 atom stereocenters. The highest BCUT2D eigenvalue weighted by atomic mass is 79.9. The molecule has 0 radical (unpaired) electrons. The average molecular weight is 334 g/mol. The summed E-state index contributed by atoms with van der Waals surface area (Å²) >= 11 is 3.37. The Morgan fingerprint density at radius 2 is 2.20 bits per heavy atom. The van der Waals surface area contributed by atoms with Gasteiger partial charge in [-0.2, -0.15) is 5.26 Å². The highest BCUT2D eigenvalue weighted by molar-refractivity contribution is 9.10. The molecule has 7 heteroatoms. The number of hydrogen-bond donors (Lipinski definition) is 0. The van der Waals surface area contributed by atoms with Gasteiger partial charge in [-0.3, -0.25) is 10.1 Å². The van der Waals surface area contributed by atoms with E-state index in [1.54, 1.807) is 12.1 Å². The van der Waals surface area contributed by atoms with Gasteiger partial charge in [-0.15, -0.1) is 0 Å². The molecule has 0 aliphatic heterocycles. The van der Waals surface area contributed by atoms with Crippen LogP contribution in [0.5, 0.6) is 11.6 Å². The lowest BCUT2D eigenvalue weighted by molar-refractivity contribution is -0.385. The maximum Gasteiger partial charge on any atom is 0.289 e. The molecule has 1 aromatic heterocycles. The average Bonchev–Trinajstić information content (AvgIpc) is 2.43. The normalized spacial score (nSPS) is 9.85. The lowest BCUT2D eigenvalue weighted by Gasteiger charge is -2.07. The van der Waals surface area contributed by atoms with Crippen molar-refractivity contribution >= 4 is 21.6 Å². The number of ether oxygens (including phenoxy) is 1. The number of rotatable bonds is 3. The summed E-state index contributed by atoms with van der Waals surface area (Å²) < 4.78 is 6.43. The Morgan fingerprint density at radius 3 is 2.80 bits per heavy atom. The van der Waals surface area contributed by atoms with E-state index in [4.69, 9.17) is 10.00 Å². The summed E-state index contributed by atoms with van der Waals surface area (Å²) in [4.78, 5) is 13.8. The van der Waals surface area contributed by atoms with Crippen LogP contribution in [0.15, 0.2) is 34.9 Å². The molecule has 0 amide bonds. The SMILES string of the molecule is Cc1cc(Oc2ncc([N+](=O)[O-])cc2C#N)ccc1Br. The molecule has 0 aliphatic rings. The van der Waals surface area contributed by atoms with Gasteiger partial charge in [-0.1, -0.05) is 15.9 Å². The van der Waals surface area contributed by atoms with Gasteiger partial charge in [0.15, 0.2) is 0 Å². The van der Waals surface area contributed by atoms with Crippen LogP contribution in [0.2, 0.25) is 0 Å². The second kappa shape index (κ2) is 5.67. The van der Waals surface area contributed by atoms with E-state index < -0.39 is 4.92 Å². The number of aryl methyl sites for hydroxylation is 1. The van der Waals surface area contributed by atoms with Gasteiger partial charge in [0.2, 0.25) is 5.88 Å². The molecule has 0 saturated carbocycles. The molecule has 0 spiro atoms. The fourth-order valence-electron chi connectivity index (χ4n) is 1.49. The van der Waals surface area contributed by atoms with Crippen LogP contribution in [-0.2, 0) is 0 Å². The smallest absolute Gasteiger partial charge is 0.289 e. The molecule has 1 heterocycles. The first-order chi connectivity index (χ1) is 9.51. The molecule has 20 heavy (non-hydrogen) atoms. The molecule has 0 aliphatic carbocycles. The molecular weight excluding hydrogens is 326 g/mol. The Kier molecular flexibility index (Phi) is 3.96. The van der Waals surface area contributed by atoms with E-state index in [2.05, 4.69) is 20.9 Å². The first kappa shape index (κ1) is 14.0. The monoisotopic (exact) mass is 333 g/mol. The van der Waals surface area contributed by atoms with Gasteiger partial charge in [0.25, 0.3) is 5.69 Å². The van der Waals surface area contributed by atoms with Crippen molar-refractivity contribution in [1.29, 1.82) is 5.26 Å². The van der Waals surface area contributed by atoms with Gasteiger partial charge in [0.05, 0.1) is 4.92 Å². The van der Waals surface area contributed by atoms with Crippen LogP contribution in [0.1, 0.15) is 11.1 Å². The summed E-state index contributed by atoms with van der Waals surface area (Å²) in [5.74, 6) is 0.545. The number of nitriles is 1. The zero-order valence-electron chi connectivity index (χ0n) is 10.3. The summed E-state index contributed by atoms with van der Waals surface area (Å²) in [6.07, 6.45) is 1.06. The van der Waals surface area contributed by atoms with Gasteiger partial charge in [-0.05, 0) is 30.7 Å². The number of nitro groups is 1. The fraction of sp³-hybridized carbons (Fsp3) is 0.0769. The van der Waals surface area contributed by atoms with Gasteiger partial charge in [0, 0.05) is 10.5 Å². The minimum atomic E-state index is -0.610. The first-order valence-electron chi connectivity index (χ1n) is 5.50. The maximum absolute atomic E-state index is 10.6. The third-order valence-electron chi connectivity index (χ3n) is 2.51. The van der Waals surface area contributed by atoms with Crippen LogP contribution >= 0.6 is 15.9 Å². The van der Waals surface area contributed by atoms with Crippen molar-refractivity contribution in [3.05, 3.63) is 56.2 Å². The summed E-state index contributed by atoms with van der Waals surface area (Å²) in [6.45, 7) is 1.89. The topological polar surface area (TPSA) is 89.1 Å². The molecule has 100 valence electrons. The third kappa shape index (κ3) is 2.92. The number of halogens is 1. The number of hydrogen-bond acceptors (Lipinski definition) is 5.